The first-order valence-corrected chi connectivity index (χ1v) is 10.0. The Bertz CT molecular complexity index is 1110. The van der Waals surface area contributed by atoms with Gasteiger partial charge in [-0.05, 0) is 25.0 Å². The van der Waals surface area contributed by atoms with Crippen molar-refractivity contribution in [2.45, 2.75) is 26.2 Å². The smallest absolute Gasteiger partial charge is 0.310 e. The molecule has 0 amide bonds. The van der Waals surface area contributed by atoms with Crippen molar-refractivity contribution in [2.75, 3.05) is 30.8 Å². The van der Waals surface area contributed by atoms with E-state index in [1.165, 1.54) is 7.11 Å². The number of esters is 1. The van der Waals surface area contributed by atoms with Gasteiger partial charge in [-0.2, -0.15) is 9.61 Å². The van der Waals surface area contributed by atoms with Crippen molar-refractivity contribution >= 4 is 35.2 Å². The molecule has 2 N–H and O–H groups in total. The molecule has 0 radical (unpaired) electrons. The molecule has 2 aromatic heterocycles. The molecule has 1 aliphatic heterocycles. The second-order valence-corrected chi connectivity index (χ2v) is 7.68. The van der Waals surface area contributed by atoms with Crippen LogP contribution in [0.1, 0.15) is 30.4 Å². The molecule has 8 heteroatoms. The number of nitrogens with two attached hydrogens (primary N) is 1. The summed E-state index contributed by atoms with van der Waals surface area (Å²) in [5, 5.41) is 4.41. The third kappa shape index (κ3) is 3.72. The van der Waals surface area contributed by atoms with Gasteiger partial charge in [0.1, 0.15) is 11.6 Å². The number of anilines is 2. The van der Waals surface area contributed by atoms with Crippen molar-refractivity contribution in [2.24, 2.45) is 10.9 Å². The Morgan fingerprint density at radius 1 is 1.40 bits per heavy atom. The van der Waals surface area contributed by atoms with Gasteiger partial charge in [0.15, 0.2) is 5.65 Å². The van der Waals surface area contributed by atoms with Gasteiger partial charge in [-0.1, -0.05) is 25.1 Å². The molecule has 0 spiro atoms. The van der Waals surface area contributed by atoms with E-state index < -0.39 is 0 Å². The summed E-state index contributed by atoms with van der Waals surface area (Å²) in [6.45, 7) is 5.41. The van der Waals surface area contributed by atoms with E-state index in [-0.39, 0.29) is 17.8 Å². The zero-order valence-electron chi connectivity index (χ0n) is 17.4. The van der Waals surface area contributed by atoms with E-state index in [0.717, 1.165) is 35.6 Å². The summed E-state index contributed by atoms with van der Waals surface area (Å²) in [6, 6.07) is 9.81. The van der Waals surface area contributed by atoms with Gasteiger partial charge in [0.2, 0.25) is 0 Å². The van der Waals surface area contributed by atoms with Crippen LogP contribution in [0.2, 0.25) is 0 Å². The number of nitrogens with zero attached hydrogens (tertiary/aromatic N) is 5. The average molecular weight is 406 g/mol. The predicted octanol–water partition coefficient (Wildman–Crippen LogP) is 3.13. The van der Waals surface area contributed by atoms with Gasteiger partial charge in [-0.25, -0.2) is 4.98 Å². The van der Waals surface area contributed by atoms with Crippen molar-refractivity contribution in [1.82, 2.24) is 14.6 Å². The summed E-state index contributed by atoms with van der Waals surface area (Å²) in [7, 11) is 1.42. The normalized spacial score (nSPS) is 17.7. The molecule has 0 saturated carbocycles. The summed E-state index contributed by atoms with van der Waals surface area (Å²) in [5.74, 6) is 0.934. The largest absolute Gasteiger partial charge is 0.469 e. The van der Waals surface area contributed by atoms with E-state index in [9.17, 15) is 4.79 Å². The summed E-state index contributed by atoms with van der Waals surface area (Å²) in [5.41, 5.74) is 9.97. The molecule has 3 heterocycles. The van der Waals surface area contributed by atoms with Crippen LogP contribution in [0.5, 0.6) is 0 Å². The molecule has 30 heavy (non-hydrogen) atoms. The van der Waals surface area contributed by atoms with Crippen LogP contribution in [-0.2, 0) is 9.53 Å². The fourth-order valence-electron chi connectivity index (χ4n) is 3.78. The Balaban J connectivity index is 1.62. The lowest BCUT2D eigenvalue weighted by molar-refractivity contribution is -0.144. The summed E-state index contributed by atoms with van der Waals surface area (Å²) in [4.78, 5) is 23.4. The van der Waals surface area contributed by atoms with E-state index >= 15 is 0 Å². The SMILES string of the molecule is COC(=O)C1CCN(c2cc(N)n3ncc(C(C)C=Nc4ccccc4C)c3n2)C1. The minimum absolute atomic E-state index is 0.00523. The van der Waals surface area contributed by atoms with E-state index in [1.54, 1.807) is 16.8 Å². The number of aryl methyl sites for hydroxylation is 1. The molecule has 2 atom stereocenters. The van der Waals surface area contributed by atoms with Crippen LogP contribution >= 0.6 is 0 Å². The standard InChI is InChI=1S/C22H26N6O2/c1-14-6-4-5-7-18(14)24-11-15(2)17-12-25-28-19(23)10-20(26-21(17)28)27-9-8-16(13-27)22(29)30-3/h4-7,10-12,15-16H,8-9,13,23H2,1-3H3. The number of aliphatic imine (C=N–C) groups is 1. The lowest BCUT2D eigenvalue weighted by atomic mass is 10.1. The zero-order chi connectivity index (χ0) is 21.3. The Hall–Kier alpha value is -3.42. The number of hydrogen-bond donors (Lipinski definition) is 1. The molecule has 1 saturated heterocycles. The lowest BCUT2D eigenvalue weighted by Gasteiger charge is -2.18. The maximum Gasteiger partial charge on any atom is 0.310 e. The number of hydrogen-bond acceptors (Lipinski definition) is 7. The van der Waals surface area contributed by atoms with Crippen molar-refractivity contribution in [3.63, 3.8) is 0 Å². The Kier molecular flexibility index (Phi) is 5.39. The van der Waals surface area contributed by atoms with Crippen LogP contribution in [0.4, 0.5) is 17.3 Å². The third-order valence-corrected chi connectivity index (χ3v) is 5.60. The van der Waals surface area contributed by atoms with E-state index in [1.807, 2.05) is 37.4 Å². The maximum absolute atomic E-state index is 11.9. The fraction of sp³-hybridized carbons (Fsp3) is 0.364. The quantitative estimate of drug-likeness (QED) is 0.516. The van der Waals surface area contributed by atoms with Gasteiger partial charge in [0, 0.05) is 36.9 Å². The highest BCUT2D eigenvalue weighted by Gasteiger charge is 2.30. The lowest BCUT2D eigenvalue weighted by Crippen LogP contribution is -2.24. The minimum atomic E-state index is -0.183. The van der Waals surface area contributed by atoms with Crippen LogP contribution in [-0.4, -0.2) is 47.0 Å². The second kappa shape index (κ2) is 8.14. The highest BCUT2D eigenvalue weighted by atomic mass is 16.5. The number of methoxy groups -OCH3 is 1. The first kappa shape index (κ1) is 19.9. The topological polar surface area (TPSA) is 98.1 Å². The zero-order valence-corrected chi connectivity index (χ0v) is 17.4. The van der Waals surface area contributed by atoms with Crippen LogP contribution in [0.3, 0.4) is 0 Å². The molecular formula is C22H26N6O2. The summed E-state index contributed by atoms with van der Waals surface area (Å²) < 4.78 is 6.53. The van der Waals surface area contributed by atoms with Crippen LogP contribution < -0.4 is 10.6 Å². The van der Waals surface area contributed by atoms with Gasteiger partial charge in [0.25, 0.3) is 0 Å². The number of benzene rings is 1. The Morgan fingerprint density at radius 3 is 2.97 bits per heavy atom. The number of fused-ring (bicyclic) bond motifs is 1. The van der Waals surface area contributed by atoms with Crippen LogP contribution in [0.25, 0.3) is 5.65 Å². The Morgan fingerprint density at radius 2 is 2.20 bits per heavy atom. The monoisotopic (exact) mass is 406 g/mol. The number of ether oxygens (including phenoxy) is 1. The molecule has 0 aliphatic carbocycles. The first-order valence-electron chi connectivity index (χ1n) is 10.0. The number of para-hydroxylation sites is 1. The molecule has 1 fully saturated rings. The van der Waals surface area contributed by atoms with E-state index in [2.05, 4.69) is 21.9 Å². The molecular weight excluding hydrogens is 380 g/mol. The van der Waals surface area contributed by atoms with Crippen LogP contribution in [0, 0.1) is 12.8 Å². The van der Waals surface area contributed by atoms with E-state index in [4.69, 9.17) is 15.5 Å². The van der Waals surface area contributed by atoms with Crippen molar-refractivity contribution in [3.05, 3.63) is 47.7 Å². The number of carbonyl (C=O) groups is 1. The Labute approximate surface area is 175 Å². The predicted molar refractivity (Wildman–Crippen MR) is 117 cm³/mol. The fourth-order valence-corrected chi connectivity index (χ4v) is 3.78. The highest BCUT2D eigenvalue weighted by molar-refractivity contribution is 5.76. The summed E-state index contributed by atoms with van der Waals surface area (Å²) >= 11 is 0. The van der Waals surface area contributed by atoms with Gasteiger partial charge in [-0.3, -0.25) is 9.79 Å². The first-order chi connectivity index (χ1) is 14.5. The number of nitrogen functional groups attached to an aromatic ring is 1. The molecule has 2 unspecified atom stereocenters. The second-order valence-electron chi connectivity index (χ2n) is 7.68. The third-order valence-electron chi connectivity index (χ3n) is 5.60. The number of aromatic nitrogens is 3. The number of rotatable bonds is 5. The van der Waals surface area contributed by atoms with Crippen LogP contribution in [0.15, 0.2) is 41.5 Å². The highest BCUT2D eigenvalue weighted by Crippen LogP contribution is 2.28. The molecule has 3 aromatic rings. The van der Waals surface area contributed by atoms with Gasteiger partial charge in [-0.15, -0.1) is 0 Å². The molecule has 156 valence electrons. The summed E-state index contributed by atoms with van der Waals surface area (Å²) in [6.07, 6.45) is 4.44. The molecule has 8 nitrogen and oxygen atoms in total. The van der Waals surface area contributed by atoms with Crippen molar-refractivity contribution in [1.29, 1.82) is 0 Å². The maximum atomic E-state index is 11.9. The van der Waals surface area contributed by atoms with E-state index in [0.29, 0.717) is 18.0 Å². The molecule has 1 aliphatic rings. The van der Waals surface area contributed by atoms with Gasteiger partial charge >= 0.3 is 5.97 Å². The van der Waals surface area contributed by atoms with Crippen molar-refractivity contribution in [3.8, 4) is 0 Å². The number of carbonyl (C=O) groups excluding carboxylic acids is 1. The molecule has 1 aromatic carbocycles. The molecule has 4 rings (SSSR count). The molecule has 0 bridgehead atoms. The minimum Gasteiger partial charge on any atom is -0.469 e. The van der Waals surface area contributed by atoms with Crippen molar-refractivity contribution < 1.29 is 9.53 Å². The van der Waals surface area contributed by atoms with Gasteiger partial charge in [0.05, 0.1) is 24.9 Å². The average Bonchev–Trinajstić information content (AvgIpc) is 3.40. The van der Waals surface area contributed by atoms with Gasteiger partial charge < -0.3 is 15.4 Å².